The number of halogens is 3. The summed E-state index contributed by atoms with van der Waals surface area (Å²) < 4.78 is 58.8. The Bertz CT molecular complexity index is 987. The van der Waals surface area contributed by atoms with Crippen LogP contribution in [-0.4, -0.2) is 58.8 Å². The minimum atomic E-state index is -5.08. The molecule has 1 aliphatic rings. The largest absolute Gasteiger partial charge is 0.490 e. The summed E-state index contributed by atoms with van der Waals surface area (Å²) in [7, 11) is -3.28. The van der Waals surface area contributed by atoms with Crippen LogP contribution in [0.4, 0.5) is 13.2 Å². The predicted molar refractivity (Wildman–Crippen MR) is 101 cm³/mol. The van der Waals surface area contributed by atoms with E-state index in [4.69, 9.17) is 9.90 Å². The topological polar surface area (TPSA) is 122 Å². The van der Waals surface area contributed by atoms with Gasteiger partial charge in [-0.15, -0.1) is 0 Å². The number of rotatable bonds is 4. The maximum Gasteiger partial charge on any atom is 0.490 e. The number of hydrogen-bond donors (Lipinski definition) is 2. The van der Waals surface area contributed by atoms with E-state index < -0.39 is 22.2 Å². The fourth-order valence-electron chi connectivity index (χ4n) is 2.61. The molecule has 14 heteroatoms. The number of aromatic nitrogens is 2. The van der Waals surface area contributed by atoms with E-state index in [0.29, 0.717) is 24.3 Å². The third kappa shape index (κ3) is 6.81. The van der Waals surface area contributed by atoms with Crippen LogP contribution in [0.5, 0.6) is 0 Å². The van der Waals surface area contributed by atoms with Gasteiger partial charge in [-0.3, -0.25) is 4.79 Å². The molecule has 0 aromatic carbocycles. The summed E-state index contributed by atoms with van der Waals surface area (Å²) in [6, 6.07) is 1.82. The lowest BCUT2D eigenvalue weighted by Crippen LogP contribution is -2.31. The average Bonchev–Trinajstić information content (AvgIpc) is 3.24. The van der Waals surface area contributed by atoms with Crippen LogP contribution < -0.4 is 4.72 Å². The molecule has 0 fully saturated rings. The fraction of sp³-hybridized carbons (Fsp3) is 0.438. The lowest BCUT2D eigenvalue weighted by Gasteiger charge is -2.20. The summed E-state index contributed by atoms with van der Waals surface area (Å²) in [5.41, 5.74) is 2.25. The summed E-state index contributed by atoms with van der Waals surface area (Å²) in [6.07, 6.45) is -1.40. The highest BCUT2D eigenvalue weighted by Gasteiger charge is 2.38. The molecule has 0 bridgehead atoms. The first-order valence-electron chi connectivity index (χ1n) is 8.47. The van der Waals surface area contributed by atoms with Gasteiger partial charge in [0.25, 0.3) is 5.91 Å². The maximum atomic E-state index is 12.6. The lowest BCUT2D eigenvalue weighted by molar-refractivity contribution is -0.192. The zero-order chi connectivity index (χ0) is 22.5. The summed E-state index contributed by atoms with van der Waals surface area (Å²) >= 11 is 1.50. The molecule has 1 aliphatic heterocycles. The number of fused-ring (bicyclic) bond motifs is 1. The number of carbonyl (C=O) groups is 2. The Kier molecular flexibility index (Phi) is 7.60. The number of amides is 1. The number of hydrogen-bond acceptors (Lipinski definition) is 6. The van der Waals surface area contributed by atoms with Gasteiger partial charge in [0, 0.05) is 18.5 Å². The van der Waals surface area contributed by atoms with Crippen molar-refractivity contribution in [2.24, 2.45) is 0 Å². The second-order valence-corrected chi connectivity index (χ2v) is 8.93. The molecular weight excluding hydrogens is 449 g/mol. The van der Waals surface area contributed by atoms with Crippen molar-refractivity contribution in [3.8, 4) is 0 Å². The Morgan fingerprint density at radius 1 is 1.33 bits per heavy atom. The second kappa shape index (κ2) is 9.57. The molecule has 2 aromatic rings. The number of nitrogens with zero attached hydrogens (tertiary/aromatic N) is 3. The molecule has 3 rings (SSSR count). The Morgan fingerprint density at radius 2 is 2.00 bits per heavy atom. The minimum Gasteiger partial charge on any atom is -0.475 e. The van der Waals surface area contributed by atoms with Crippen LogP contribution in [0, 0.1) is 0 Å². The van der Waals surface area contributed by atoms with E-state index in [1.54, 1.807) is 11.2 Å². The van der Waals surface area contributed by atoms with Crippen molar-refractivity contribution in [2.75, 3.05) is 12.8 Å². The number of carbonyl (C=O) groups excluding carboxylic acids is 1. The molecule has 0 radical (unpaired) electrons. The third-order valence-corrected chi connectivity index (χ3v) is 5.35. The normalized spacial score (nSPS) is 14.3. The molecule has 0 saturated carbocycles. The predicted octanol–water partition coefficient (Wildman–Crippen LogP) is 1.67. The van der Waals surface area contributed by atoms with Gasteiger partial charge in [0.15, 0.2) is 0 Å². The average molecular weight is 468 g/mol. The zero-order valence-electron chi connectivity index (χ0n) is 15.7. The molecular formula is C16H19F3N4O5S2. The summed E-state index contributed by atoms with van der Waals surface area (Å²) in [4.78, 5) is 27.6. The molecule has 2 N–H and O–H groups in total. The Hall–Kier alpha value is -2.45. The number of thiophene rings is 1. The second-order valence-electron chi connectivity index (χ2n) is 6.32. The standard InChI is InChI=1S/C14H18N4O3S2.C2HF3O2/c1-23(20,21)16-7-12-13-8-17(4-2-5-18(13)10-15-12)14(19)11-3-6-22-9-11;3-2(4,5)1(6)7/h3,6,9-10,16H,2,4-5,7-8H2,1H3;(H,6,7). The maximum absolute atomic E-state index is 12.6. The van der Waals surface area contributed by atoms with Gasteiger partial charge in [-0.2, -0.15) is 24.5 Å². The van der Waals surface area contributed by atoms with E-state index in [1.165, 1.54) is 11.3 Å². The van der Waals surface area contributed by atoms with Crippen molar-refractivity contribution in [1.29, 1.82) is 0 Å². The van der Waals surface area contributed by atoms with Gasteiger partial charge in [0.05, 0.1) is 42.6 Å². The number of carboxylic acids is 1. The van der Waals surface area contributed by atoms with Gasteiger partial charge in [-0.25, -0.2) is 22.9 Å². The summed E-state index contributed by atoms with van der Waals surface area (Å²) in [6.45, 7) is 2.03. The van der Waals surface area contributed by atoms with Gasteiger partial charge in [-0.05, 0) is 17.9 Å². The first-order chi connectivity index (χ1) is 13.9. The molecule has 0 spiro atoms. The SMILES string of the molecule is CS(=O)(=O)NCc1ncn2c1CN(C(=O)c1ccsc1)CCC2.O=C(O)C(F)(F)F. The van der Waals surface area contributed by atoms with Crippen LogP contribution >= 0.6 is 11.3 Å². The number of alkyl halides is 3. The number of nitrogens with one attached hydrogen (secondary N) is 1. The Balaban J connectivity index is 0.000000396. The number of aliphatic carboxylic acids is 1. The molecule has 30 heavy (non-hydrogen) atoms. The van der Waals surface area contributed by atoms with Crippen LogP contribution in [0.15, 0.2) is 23.2 Å². The molecule has 9 nitrogen and oxygen atoms in total. The van der Waals surface area contributed by atoms with Crippen LogP contribution in [-0.2, 0) is 34.5 Å². The minimum absolute atomic E-state index is 0.00271. The summed E-state index contributed by atoms with van der Waals surface area (Å²) in [5.74, 6) is -2.75. The first kappa shape index (κ1) is 23.8. The van der Waals surface area contributed by atoms with Gasteiger partial charge in [0.1, 0.15) is 0 Å². The van der Waals surface area contributed by atoms with E-state index in [1.807, 2.05) is 21.4 Å². The van der Waals surface area contributed by atoms with E-state index in [0.717, 1.165) is 24.9 Å². The highest BCUT2D eigenvalue weighted by atomic mass is 32.2. The van der Waals surface area contributed by atoms with Crippen molar-refractivity contribution in [3.63, 3.8) is 0 Å². The van der Waals surface area contributed by atoms with E-state index in [-0.39, 0.29) is 12.5 Å². The van der Waals surface area contributed by atoms with Crippen molar-refractivity contribution in [3.05, 3.63) is 40.1 Å². The summed E-state index contributed by atoms with van der Waals surface area (Å²) in [5, 5.41) is 10.9. The van der Waals surface area contributed by atoms with Gasteiger partial charge >= 0.3 is 12.1 Å². The molecule has 3 heterocycles. The molecule has 0 aliphatic carbocycles. The monoisotopic (exact) mass is 468 g/mol. The van der Waals surface area contributed by atoms with Gasteiger partial charge < -0.3 is 14.6 Å². The van der Waals surface area contributed by atoms with E-state index in [9.17, 15) is 26.4 Å². The lowest BCUT2D eigenvalue weighted by atomic mass is 10.2. The van der Waals surface area contributed by atoms with Crippen LogP contribution in [0.1, 0.15) is 28.2 Å². The zero-order valence-corrected chi connectivity index (χ0v) is 17.4. The number of aryl methyl sites for hydroxylation is 1. The smallest absolute Gasteiger partial charge is 0.475 e. The van der Waals surface area contributed by atoms with Crippen molar-refractivity contribution in [1.82, 2.24) is 19.2 Å². The molecule has 0 atom stereocenters. The Morgan fingerprint density at radius 3 is 2.53 bits per heavy atom. The number of sulfonamides is 1. The van der Waals surface area contributed by atoms with Crippen LogP contribution in [0.3, 0.4) is 0 Å². The van der Waals surface area contributed by atoms with Gasteiger partial charge in [0.2, 0.25) is 10.0 Å². The van der Waals surface area contributed by atoms with Crippen LogP contribution in [0.2, 0.25) is 0 Å². The molecule has 0 saturated heterocycles. The van der Waals surface area contributed by atoms with Crippen molar-refractivity contribution < 1.29 is 36.3 Å². The molecule has 166 valence electrons. The quantitative estimate of drug-likeness (QED) is 0.704. The van der Waals surface area contributed by atoms with E-state index >= 15 is 0 Å². The fourth-order valence-corrected chi connectivity index (χ4v) is 3.63. The Labute approximate surface area is 174 Å². The van der Waals surface area contributed by atoms with Gasteiger partial charge in [-0.1, -0.05) is 0 Å². The van der Waals surface area contributed by atoms with E-state index in [2.05, 4.69) is 9.71 Å². The molecule has 0 unspecified atom stereocenters. The highest BCUT2D eigenvalue weighted by molar-refractivity contribution is 7.88. The first-order valence-corrected chi connectivity index (χ1v) is 11.3. The number of carboxylic acid groups (broad SMARTS) is 1. The van der Waals surface area contributed by atoms with Crippen molar-refractivity contribution >= 4 is 33.2 Å². The molecule has 2 aromatic heterocycles. The highest BCUT2D eigenvalue weighted by Crippen LogP contribution is 2.19. The molecule has 1 amide bonds. The van der Waals surface area contributed by atoms with Crippen LogP contribution in [0.25, 0.3) is 0 Å². The van der Waals surface area contributed by atoms with Crippen molar-refractivity contribution in [2.45, 2.75) is 32.2 Å². The third-order valence-electron chi connectivity index (χ3n) is 4.00. The number of imidazole rings is 1.